The number of rotatable bonds is 3. The monoisotopic (exact) mass is 167 g/mol. The standard InChI is InChI=1S/C10H17NO/c1-2-7-11-8-9-3-5-10(12)6-4-9/h1,9-12H,3-8H2. The fraction of sp³-hybridized carbons (Fsp3) is 0.800. The molecule has 2 nitrogen and oxygen atoms in total. The normalized spacial score (nSPS) is 29.7. The highest BCUT2D eigenvalue weighted by atomic mass is 16.3. The molecule has 0 heterocycles. The zero-order chi connectivity index (χ0) is 8.81. The minimum absolute atomic E-state index is 0.0473. The largest absolute Gasteiger partial charge is 0.393 e. The highest BCUT2D eigenvalue weighted by Crippen LogP contribution is 2.23. The summed E-state index contributed by atoms with van der Waals surface area (Å²) in [7, 11) is 0. The van der Waals surface area contributed by atoms with Crippen LogP contribution < -0.4 is 5.32 Å². The summed E-state index contributed by atoms with van der Waals surface area (Å²) in [5.74, 6) is 3.28. The molecule has 0 aliphatic heterocycles. The van der Waals surface area contributed by atoms with Crippen LogP contribution in [0.5, 0.6) is 0 Å². The van der Waals surface area contributed by atoms with Gasteiger partial charge in [-0.05, 0) is 38.1 Å². The number of nitrogens with one attached hydrogen (secondary N) is 1. The fourth-order valence-corrected chi connectivity index (χ4v) is 1.70. The van der Waals surface area contributed by atoms with E-state index in [-0.39, 0.29) is 6.10 Å². The third-order valence-corrected chi connectivity index (χ3v) is 2.48. The molecule has 2 heteroatoms. The first-order chi connectivity index (χ1) is 5.83. The smallest absolute Gasteiger partial charge is 0.0573 e. The van der Waals surface area contributed by atoms with Crippen LogP contribution >= 0.6 is 0 Å². The minimum Gasteiger partial charge on any atom is -0.393 e. The Balaban J connectivity index is 2.06. The topological polar surface area (TPSA) is 32.3 Å². The van der Waals surface area contributed by atoms with Gasteiger partial charge in [-0.25, -0.2) is 0 Å². The van der Waals surface area contributed by atoms with E-state index in [1.807, 2.05) is 0 Å². The van der Waals surface area contributed by atoms with Crippen molar-refractivity contribution in [1.82, 2.24) is 5.32 Å². The summed E-state index contributed by atoms with van der Waals surface area (Å²) in [4.78, 5) is 0. The van der Waals surface area contributed by atoms with Crippen molar-refractivity contribution in [2.75, 3.05) is 13.1 Å². The SMILES string of the molecule is C#CCNCC1CCC(O)CC1. The average Bonchev–Trinajstić information content (AvgIpc) is 2.09. The maximum absolute atomic E-state index is 9.25. The molecule has 0 amide bonds. The van der Waals surface area contributed by atoms with Crippen LogP contribution in [0.15, 0.2) is 0 Å². The first-order valence-electron chi connectivity index (χ1n) is 4.65. The molecule has 1 saturated carbocycles. The molecule has 1 aliphatic rings. The lowest BCUT2D eigenvalue weighted by atomic mass is 9.87. The molecule has 0 radical (unpaired) electrons. The Labute approximate surface area is 74.4 Å². The highest BCUT2D eigenvalue weighted by Gasteiger charge is 2.18. The number of hydrogen-bond acceptors (Lipinski definition) is 2. The van der Waals surface area contributed by atoms with Crippen molar-refractivity contribution in [3.63, 3.8) is 0 Å². The van der Waals surface area contributed by atoms with E-state index in [2.05, 4.69) is 11.2 Å². The molecule has 1 rings (SSSR count). The molecule has 1 aliphatic carbocycles. The molecule has 12 heavy (non-hydrogen) atoms. The molecule has 0 atom stereocenters. The molecule has 0 bridgehead atoms. The first kappa shape index (κ1) is 9.57. The Morgan fingerprint density at radius 3 is 2.58 bits per heavy atom. The van der Waals surface area contributed by atoms with Gasteiger partial charge in [0.05, 0.1) is 12.6 Å². The zero-order valence-electron chi connectivity index (χ0n) is 7.42. The first-order valence-corrected chi connectivity index (χ1v) is 4.65. The fourth-order valence-electron chi connectivity index (χ4n) is 1.70. The molecule has 68 valence electrons. The minimum atomic E-state index is -0.0473. The van der Waals surface area contributed by atoms with E-state index >= 15 is 0 Å². The lowest BCUT2D eigenvalue weighted by Crippen LogP contribution is -2.28. The molecular formula is C10H17NO. The lowest BCUT2D eigenvalue weighted by Gasteiger charge is -2.25. The van der Waals surface area contributed by atoms with Gasteiger partial charge in [0.15, 0.2) is 0 Å². The third-order valence-electron chi connectivity index (χ3n) is 2.48. The molecule has 0 aromatic rings. The molecule has 2 N–H and O–H groups in total. The number of hydrogen-bond donors (Lipinski definition) is 2. The van der Waals surface area contributed by atoms with Crippen molar-refractivity contribution in [2.24, 2.45) is 5.92 Å². The summed E-state index contributed by atoms with van der Waals surface area (Å²) in [5.41, 5.74) is 0. The van der Waals surface area contributed by atoms with Gasteiger partial charge in [0.25, 0.3) is 0 Å². The van der Waals surface area contributed by atoms with Gasteiger partial charge < -0.3 is 10.4 Å². The summed E-state index contributed by atoms with van der Waals surface area (Å²) in [6, 6.07) is 0. The van der Waals surface area contributed by atoms with Gasteiger partial charge in [-0.1, -0.05) is 5.92 Å². The number of aliphatic hydroxyl groups excluding tert-OH is 1. The Hall–Kier alpha value is -0.520. The van der Waals surface area contributed by atoms with Crippen molar-refractivity contribution in [3.8, 4) is 12.3 Å². The van der Waals surface area contributed by atoms with Crippen LogP contribution in [0, 0.1) is 18.3 Å². The van der Waals surface area contributed by atoms with Crippen LogP contribution in [0.1, 0.15) is 25.7 Å². The van der Waals surface area contributed by atoms with Crippen molar-refractivity contribution in [3.05, 3.63) is 0 Å². The Bertz CT molecular complexity index is 154. The van der Waals surface area contributed by atoms with Gasteiger partial charge in [-0.3, -0.25) is 0 Å². The number of aliphatic hydroxyl groups is 1. The van der Waals surface area contributed by atoms with Crippen LogP contribution in [0.4, 0.5) is 0 Å². The van der Waals surface area contributed by atoms with Crippen LogP contribution in [-0.2, 0) is 0 Å². The molecule has 0 aromatic carbocycles. The van der Waals surface area contributed by atoms with Gasteiger partial charge in [-0.15, -0.1) is 6.42 Å². The second-order valence-electron chi connectivity index (χ2n) is 3.51. The third kappa shape index (κ3) is 3.25. The average molecular weight is 167 g/mol. The van der Waals surface area contributed by atoms with Crippen molar-refractivity contribution in [1.29, 1.82) is 0 Å². The molecule has 0 spiro atoms. The summed E-state index contributed by atoms with van der Waals surface area (Å²) < 4.78 is 0. The lowest BCUT2D eigenvalue weighted by molar-refractivity contribution is 0.108. The van der Waals surface area contributed by atoms with Crippen LogP contribution in [0.2, 0.25) is 0 Å². The van der Waals surface area contributed by atoms with Crippen LogP contribution in [0.3, 0.4) is 0 Å². The second kappa shape index (κ2) is 5.18. The summed E-state index contributed by atoms with van der Waals surface area (Å²) in [5, 5.41) is 12.4. The van der Waals surface area contributed by atoms with Gasteiger partial charge in [0.1, 0.15) is 0 Å². The summed E-state index contributed by atoms with van der Waals surface area (Å²) in [6.45, 7) is 1.68. The van der Waals surface area contributed by atoms with E-state index in [1.54, 1.807) is 0 Å². The maximum Gasteiger partial charge on any atom is 0.0573 e. The highest BCUT2D eigenvalue weighted by molar-refractivity contribution is 4.87. The maximum atomic E-state index is 9.25. The quantitative estimate of drug-likeness (QED) is 0.480. The van der Waals surface area contributed by atoms with Crippen molar-refractivity contribution in [2.45, 2.75) is 31.8 Å². The van der Waals surface area contributed by atoms with E-state index in [0.717, 1.165) is 38.1 Å². The summed E-state index contributed by atoms with van der Waals surface area (Å²) in [6.07, 6.45) is 9.26. The van der Waals surface area contributed by atoms with Gasteiger partial charge in [0.2, 0.25) is 0 Å². The molecule has 0 aromatic heterocycles. The Kier molecular flexibility index (Phi) is 4.13. The summed E-state index contributed by atoms with van der Waals surface area (Å²) >= 11 is 0. The zero-order valence-corrected chi connectivity index (χ0v) is 7.42. The van der Waals surface area contributed by atoms with Crippen molar-refractivity contribution < 1.29 is 5.11 Å². The van der Waals surface area contributed by atoms with E-state index < -0.39 is 0 Å². The van der Waals surface area contributed by atoms with E-state index in [1.165, 1.54) is 0 Å². The van der Waals surface area contributed by atoms with E-state index in [9.17, 15) is 5.11 Å². The Morgan fingerprint density at radius 2 is 2.00 bits per heavy atom. The van der Waals surface area contributed by atoms with Gasteiger partial charge >= 0.3 is 0 Å². The van der Waals surface area contributed by atoms with Crippen molar-refractivity contribution >= 4 is 0 Å². The van der Waals surface area contributed by atoms with Gasteiger partial charge in [-0.2, -0.15) is 0 Å². The predicted molar refractivity (Wildman–Crippen MR) is 49.7 cm³/mol. The molecule has 0 unspecified atom stereocenters. The van der Waals surface area contributed by atoms with E-state index in [0.29, 0.717) is 6.54 Å². The molecular weight excluding hydrogens is 150 g/mol. The van der Waals surface area contributed by atoms with E-state index in [4.69, 9.17) is 6.42 Å². The van der Waals surface area contributed by atoms with Crippen LogP contribution in [-0.4, -0.2) is 24.3 Å². The molecule has 1 fully saturated rings. The second-order valence-corrected chi connectivity index (χ2v) is 3.51. The molecule has 0 saturated heterocycles. The predicted octanol–water partition coefficient (Wildman–Crippen LogP) is 0.760. The number of terminal acetylenes is 1. The van der Waals surface area contributed by atoms with Gasteiger partial charge in [0, 0.05) is 0 Å². The Morgan fingerprint density at radius 1 is 1.33 bits per heavy atom. The van der Waals surface area contributed by atoms with Crippen LogP contribution in [0.25, 0.3) is 0 Å².